The van der Waals surface area contributed by atoms with Crippen LogP contribution in [0.25, 0.3) is 0 Å². The molecule has 4 nitrogen and oxygen atoms in total. The summed E-state index contributed by atoms with van der Waals surface area (Å²) in [6.07, 6.45) is 2.45. The molecule has 0 atom stereocenters. The molecule has 1 aromatic heterocycles. The fraction of sp³-hybridized carbons (Fsp3) is 0.769. The van der Waals surface area contributed by atoms with E-state index in [1.807, 2.05) is 0 Å². The number of ether oxygens (including phenoxy) is 1. The van der Waals surface area contributed by atoms with E-state index in [0.717, 1.165) is 25.3 Å². The average Bonchev–Trinajstić information content (AvgIpc) is 2.66. The average molecular weight is 271 g/mol. The van der Waals surface area contributed by atoms with Crippen LogP contribution in [-0.2, 0) is 24.4 Å². The van der Waals surface area contributed by atoms with E-state index < -0.39 is 0 Å². The first kappa shape index (κ1) is 15.6. The highest BCUT2D eigenvalue weighted by Gasteiger charge is 2.11. The second-order valence-electron chi connectivity index (χ2n) is 4.68. The van der Waals surface area contributed by atoms with Gasteiger partial charge < -0.3 is 15.0 Å². The van der Waals surface area contributed by atoms with Crippen molar-refractivity contribution in [3.8, 4) is 0 Å². The quantitative estimate of drug-likeness (QED) is 0.699. The number of unbranched alkanes of at least 4 members (excludes halogenated alkanes) is 1. The van der Waals surface area contributed by atoms with Gasteiger partial charge in [0.05, 0.1) is 12.3 Å². The van der Waals surface area contributed by atoms with Crippen LogP contribution in [0.4, 0.5) is 0 Å². The summed E-state index contributed by atoms with van der Waals surface area (Å²) < 4.78 is 5.22. The van der Waals surface area contributed by atoms with E-state index in [2.05, 4.69) is 36.2 Å². The SMILES string of the molecule is CCCCNCc1sc(CN(C)C)nc1COC. The summed E-state index contributed by atoms with van der Waals surface area (Å²) in [4.78, 5) is 8.10. The van der Waals surface area contributed by atoms with Crippen LogP contribution < -0.4 is 5.32 Å². The summed E-state index contributed by atoms with van der Waals surface area (Å²) in [6.45, 7) is 5.69. The van der Waals surface area contributed by atoms with Gasteiger partial charge in [-0.3, -0.25) is 0 Å². The Labute approximate surface area is 114 Å². The Balaban J connectivity index is 2.59. The first-order valence-corrected chi connectivity index (χ1v) is 7.30. The molecule has 0 spiro atoms. The van der Waals surface area contributed by atoms with Crippen LogP contribution in [0, 0.1) is 0 Å². The third kappa shape index (κ3) is 5.44. The summed E-state index contributed by atoms with van der Waals surface area (Å²) in [7, 11) is 5.85. The van der Waals surface area contributed by atoms with Gasteiger partial charge in [-0.05, 0) is 27.1 Å². The molecular weight excluding hydrogens is 246 g/mol. The molecule has 0 aromatic carbocycles. The molecule has 0 aliphatic rings. The molecule has 0 bridgehead atoms. The maximum Gasteiger partial charge on any atom is 0.107 e. The van der Waals surface area contributed by atoms with E-state index in [0.29, 0.717) is 6.61 Å². The molecular formula is C13H25N3OS. The number of nitrogens with one attached hydrogen (secondary N) is 1. The standard InChI is InChI=1S/C13H25N3OS/c1-5-6-7-14-8-12-11(10-17-4)15-13(18-12)9-16(2)3/h14H,5-10H2,1-4H3. The third-order valence-corrected chi connectivity index (χ3v) is 3.63. The largest absolute Gasteiger partial charge is 0.378 e. The van der Waals surface area contributed by atoms with Crippen molar-refractivity contribution >= 4 is 11.3 Å². The second kappa shape index (κ2) is 8.58. The van der Waals surface area contributed by atoms with Crippen molar-refractivity contribution in [2.45, 2.75) is 39.5 Å². The van der Waals surface area contributed by atoms with Gasteiger partial charge in [-0.2, -0.15) is 0 Å². The Kier molecular flexibility index (Phi) is 7.42. The van der Waals surface area contributed by atoms with Crippen LogP contribution in [0.1, 0.15) is 35.3 Å². The van der Waals surface area contributed by atoms with E-state index in [9.17, 15) is 0 Å². The van der Waals surface area contributed by atoms with Crippen molar-refractivity contribution in [1.82, 2.24) is 15.2 Å². The zero-order valence-corrected chi connectivity index (χ0v) is 12.8. The Hall–Kier alpha value is -0.490. The van der Waals surface area contributed by atoms with Crippen molar-refractivity contribution in [2.75, 3.05) is 27.7 Å². The van der Waals surface area contributed by atoms with Gasteiger partial charge in [0.2, 0.25) is 0 Å². The number of aromatic nitrogens is 1. The molecule has 0 aliphatic heterocycles. The van der Waals surface area contributed by atoms with Crippen LogP contribution in [0.5, 0.6) is 0 Å². The molecule has 0 saturated carbocycles. The Morgan fingerprint density at radius 3 is 2.78 bits per heavy atom. The van der Waals surface area contributed by atoms with Gasteiger partial charge in [0.1, 0.15) is 5.01 Å². The van der Waals surface area contributed by atoms with Crippen molar-refractivity contribution < 1.29 is 4.74 Å². The Morgan fingerprint density at radius 2 is 2.17 bits per heavy atom. The summed E-state index contributed by atoms with van der Waals surface area (Å²) in [5, 5.41) is 4.64. The van der Waals surface area contributed by atoms with Crippen LogP contribution in [0.2, 0.25) is 0 Å². The van der Waals surface area contributed by atoms with Gasteiger partial charge in [0.15, 0.2) is 0 Å². The van der Waals surface area contributed by atoms with Crippen molar-refractivity contribution in [3.05, 3.63) is 15.6 Å². The molecule has 5 heteroatoms. The predicted octanol–water partition coefficient (Wildman–Crippen LogP) is 2.24. The highest BCUT2D eigenvalue weighted by molar-refractivity contribution is 7.11. The molecule has 0 radical (unpaired) electrons. The first-order chi connectivity index (χ1) is 8.67. The number of nitrogens with zero attached hydrogens (tertiary/aromatic N) is 2. The minimum atomic E-state index is 0.606. The lowest BCUT2D eigenvalue weighted by Crippen LogP contribution is -2.14. The van der Waals surface area contributed by atoms with Gasteiger partial charge in [-0.15, -0.1) is 11.3 Å². The van der Waals surface area contributed by atoms with Crippen molar-refractivity contribution in [1.29, 1.82) is 0 Å². The molecule has 0 saturated heterocycles. The molecule has 0 fully saturated rings. The fourth-order valence-electron chi connectivity index (χ4n) is 1.67. The molecule has 0 amide bonds. The maximum absolute atomic E-state index is 5.22. The molecule has 0 unspecified atom stereocenters. The number of hydrogen-bond acceptors (Lipinski definition) is 5. The van der Waals surface area contributed by atoms with E-state index >= 15 is 0 Å². The van der Waals surface area contributed by atoms with E-state index in [1.54, 1.807) is 18.4 Å². The second-order valence-corrected chi connectivity index (χ2v) is 5.85. The third-order valence-electron chi connectivity index (χ3n) is 2.55. The van der Waals surface area contributed by atoms with E-state index in [-0.39, 0.29) is 0 Å². The van der Waals surface area contributed by atoms with Gasteiger partial charge >= 0.3 is 0 Å². The van der Waals surface area contributed by atoms with Gasteiger partial charge in [0, 0.05) is 25.1 Å². The van der Waals surface area contributed by atoms with E-state index in [4.69, 9.17) is 4.74 Å². The Morgan fingerprint density at radius 1 is 1.39 bits per heavy atom. The lowest BCUT2D eigenvalue weighted by Gasteiger charge is -2.04. The molecule has 0 aliphatic carbocycles. The molecule has 104 valence electrons. The smallest absolute Gasteiger partial charge is 0.107 e. The van der Waals surface area contributed by atoms with Crippen LogP contribution >= 0.6 is 11.3 Å². The lowest BCUT2D eigenvalue weighted by molar-refractivity contribution is 0.181. The van der Waals surface area contributed by atoms with Crippen molar-refractivity contribution in [3.63, 3.8) is 0 Å². The zero-order chi connectivity index (χ0) is 13.4. The fourth-order valence-corrected chi connectivity index (χ4v) is 2.83. The minimum Gasteiger partial charge on any atom is -0.378 e. The number of rotatable bonds is 9. The highest BCUT2D eigenvalue weighted by Crippen LogP contribution is 2.20. The highest BCUT2D eigenvalue weighted by atomic mass is 32.1. The summed E-state index contributed by atoms with van der Waals surface area (Å²) in [6, 6.07) is 0. The van der Waals surface area contributed by atoms with Gasteiger partial charge in [-0.1, -0.05) is 13.3 Å². The van der Waals surface area contributed by atoms with Gasteiger partial charge in [0.25, 0.3) is 0 Å². The van der Waals surface area contributed by atoms with Crippen LogP contribution in [-0.4, -0.2) is 37.6 Å². The minimum absolute atomic E-state index is 0.606. The van der Waals surface area contributed by atoms with Crippen LogP contribution in [0.3, 0.4) is 0 Å². The number of hydrogen-bond donors (Lipinski definition) is 1. The molecule has 1 aromatic rings. The first-order valence-electron chi connectivity index (χ1n) is 6.49. The number of thiazole rings is 1. The Bertz CT molecular complexity index is 339. The van der Waals surface area contributed by atoms with Crippen LogP contribution in [0.15, 0.2) is 0 Å². The number of methoxy groups -OCH3 is 1. The summed E-state index contributed by atoms with van der Waals surface area (Å²) in [5.41, 5.74) is 1.09. The monoisotopic (exact) mass is 271 g/mol. The lowest BCUT2D eigenvalue weighted by atomic mass is 10.3. The molecule has 1 rings (SSSR count). The molecule has 1 heterocycles. The van der Waals surface area contributed by atoms with Crippen molar-refractivity contribution in [2.24, 2.45) is 0 Å². The molecule has 18 heavy (non-hydrogen) atoms. The maximum atomic E-state index is 5.22. The van der Waals surface area contributed by atoms with E-state index in [1.165, 1.54) is 22.7 Å². The summed E-state index contributed by atoms with van der Waals surface area (Å²) in [5.74, 6) is 0. The zero-order valence-electron chi connectivity index (χ0n) is 12.0. The predicted molar refractivity (Wildman–Crippen MR) is 76.8 cm³/mol. The molecule has 1 N–H and O–H groups in total. The topological polar surface area (TPSA) is 37.4 Å². The summed E-state index contributed by atoms with van der Waals surface area (Å²) >= 11 is 1.79. The van der Waals surface area contributed by atoms with Gasteiger partial charge in [-0.25, -0.2) is 4.98 Å². The normalized spacial score (nSPS) is 11.4.